The molecule has 0 spiro atoms. The zero-order chi connectivity index (χ0) is 14.2. The quantitative estimate of drug-likeness (QED) is 0.912. The lowest BCUT2D eigenvalue weighted by Gasteiger charge is -2.36. The third-order valence-corrected chi connectivity index (χ3v) is 6.76. The summed E-state index contributed by atoms with van der Waals surface area (Å²) in [5.41, 5.74) is 1.40. The van der Waals surface area contributed by atoms with E-state index in [2.05, 4.69) is 0 Å². The van der Waals surface area contributed by atoms with Crippen LogP contribution in [0.4, 0.5) is 5.69 Å². The Kier molecular flexibility index (Phi) is 3.73. The van der Waals surface area contributed by atoms with Gasteiger partial charge in [-0.15, -0.1) is 0 Å². The lowest BCUT2D eigenvalue weighted by Crippen LogP contribution is -2.43. The number of para-hydroxylation sites is 1. The van der Waals surface area contributed by atoms with Crippen LogP contribution in [-0.4, -0.2) is 25.3 Å². The fourth-order valence-corrected chi connectivity index (χ4v) is 5.41. The Morgan fingerprint density at radius 2 is 1.75 bits per heavy atom. The number of sulfonamides is 1. The topological polar surface area (TPSA) is 57.6 Å². The predicted molar refractivity (Wildman–Crippen MR) is 79.2 cm³/mol. The van der Waals surface area contributed by atoms with E-state index in [0.717, 1.165) is 37.7 Å². The molecular formula is C15H21NO3S. The maximum Gasteiger partial charge on any atom is 0.238 e. The summed E-state index contributed by atoms with van der Waals surface area (Å²) in [6.07, 6.45) is 4.60. The van der Waals surface area contributed by atoms with Crippen LogP contribution in [-0.2, 0) is 10.0 Å². The van der Waals surface area contributed by atoms with E-state index in [1.807, 2.05) is 18.2 Å². The summed E-state index contributed by atoms with van der Waals surface area (Å²) < 4.78 is 27.2. The number of aliphatic hydroxyl groups excluding tert-OH is 1. The van der Waals surface area contributed by atoms with Gasteiger partial charge in [-0.05, 0) is 25.3 Å². The molecule has 1 fully saturated rings. The average Bonchev–Trinajstić information content (AvgIpc) is 2.48. The van der Waals surface area contributed by atoms with Gasteiger partial charge in [-0.3, -0.25) is 4.31 Å². The largest absolute Gasteiger partial charge is 0.388 e. The normalized spacial score (nSPS) is 24.4. The van der Waals surface area contributed by atoms with E-state index in [9.17, 15) is 13.5 Å². The summed E-state index contributed by atoms with van der Waals surface area (Å²) in [6, 6.07) is 7.31. The van der Waals surface area contributed by atoms with E-state index in [4.69, 9.17) is 0 Å². The third kappa shape index (κ3) is 2.33. The summed E-state index contributed by atoms with van der Waals surface area (Å²) in [7, 11) is -3.30. The van der Waals surface area contributed by atoms with Gasteiger partial charge in [0.05, 0.1) is 17.0 Å². The Morgan fingerprint density at radius 3 is 2.50 bits per heavy atom. The minimum Gasteiger partial charge on any atom is -0.388 e. The first-order chi connectivity index (χ1) is 9.60. The second-order valence-electron chi connectivity index (χ2n) is 5.74. The van der Waals surface area contributed by atoms with Crippen molar-refractivity contribution < 1.29 is 13.5 Å². The highest BCUT2D eigenvalue weighted by molar-refractivity contribution is 7.93. The van der Waals surface area contributed by atoms with Crippen molar-refractivity contribution in [1.29, 1.82) is 0 Å². The molecule has 2 aliphatic rings. The molecule has 110 valence electrons. The molecule has 0 amide bonds. The van der Waals surface area contributed by atoms with Crippen LogP contribution < -0.4 is 4.31 Å². The molecule has 0 bridgehead atoms. The number of hydrogen-bond donors (Lipinski definition) is 1. The van der Waals surface area contributed by atoms with Gasteiger partial charge < -0.3 is 5.11 Å². The van der Waals surface area contributed by atoms with Crippen LogP contribution in [0.25, 0.3) is 0 Å². The number of nitrogens with zero attached hydrogens (tertiary/aromatic N) is 1. The van der Waals surface area contributed by atoms with Gasteiger partial charge in [-0.1, -0.05) is 37.5 Å². The van der Waals surface area contributed by atoms with Crippen LogP contribution in [0.1, 0.15) is 50.2 Å². The molecular weight excluding hydrogens is 274 g/mol. The van der Waals surface area contributed by atoms with E-state index in [-0.39, 0.29) is 5.25 Å². The van der Waals surface area contributed by atoms with E-state index >= 15 is 0 Å². The second kappa shape index (κ2) is 5.37. The number of fused-ring (bicyclic) bond motifs is 1. The highest BCUT2D eigenvalue weighted by Gasteiger charge is 2.36. The summed E-state index contributed by atoms with van der Waals surface area (Å²) in [6.45, 7) is 0.386. The molecule has 3 rings (SSSR count). The van der Waals surface area contributed by atoms with Gasteiger partial charge >= 0.3 is 0 Å². The number of rotatable bonds is 2. The first-order valence-electron chi connectivity index (χ1n) is 7.39. The smallest absolute Gasteiger partial charge is 0.238 e. The van der Waals surface area contributed by atoms with Gasteiger partial charge in [0.15, 0.2) is 0 Å². The zero-order valence-corrected chi connectivity index (χ0v) is 12.3. The van der Waals surface area contributed by atoms with E-state index < -0.39 is 16.1 Å². The van der Waals surface area contributed by atoms with Crippen LogP contribution in [0.5, 0.6) is 0 Å². The van der Waals surface area contributed by atoms with Crippen LogP contribution in [0.3, 0.4) is 0 Å². The highest BCUT2D eigenvalue weighted by atomic mass is 32.2. The highest BCUT2D eigenvalue weighted by Crippen LogP contribution is 2.37. The van der Waals surface area contributed by atoms with E-state index in [1.54, 1.807) is 6.07 Å². The molecule has 0 radical (unpaired) electrons. The molecule has 5 heteroatoms. The number of aliphatic hydroxyl groups is 1. The molecule has 1 aromatic carbocycles. The fraction of sp³-hybridized carbons (Fsp3) is 0.600. The minimum absolute atomic E-state index is 0.250. The zero-order valence-electron chi connectivity index (χ0n) is 11.5. The number of hydrogen-bond acceptors (Lipinski definition) is 3. The minimum atomic E-state index is -3.30. The third-order valence-electron chi connectivity index (χ3n) is 4.45. The Bertz CT molecular complexity index is 579. The van der Waals surface area contributed by atoms with Crippen molar-refractivity contribution in [2.45, 2.75) is 49.9 Å². The molecule has 1 saturated carbocycles. The molecule has 1 aliphatic carbocycles. The molecule has 1 atom stereocenters. The standard InChI is InChI=1S/C15H21NO3S/c17-15-10-11-16(14-9-5-4-8-13(14)15)20(18,19)12-6-2-1-3-7-12/h4-5,8-9,12,15,17H,1-3,6-7,10-11H2. The number of benzene rings is 1. The van der Waals surface area contributed by atoms with Gasteiger partial charge in [-0.25, -0.2) is 8.42 Å². The van der Waals surface area contributed by atoms with Crippen molar-refractivity contribution in [2.75, 3.05) is 10.8 Å². The lowest BCUT2D eigenvalue weighted by molar-refractivity contribution is 0.166. The van der Waals surface area contributed by atoms with Gasteiger partial charge in [0.1, 0.15) is 0 Å². The SMILES string of the molecule is O=S(=O)(C1CCCCC1)N1CCC(O)c2ccccc21. The Morgan fingerprint density at radius 1 is 1.05 bits per heavy atom. The van der Waals surface area contributed by atoms with Gasteiger partial charge in [0.25, 0.3) is 0 Å². The molecule has 1 aromatic rings. The Labute approximate surface area is 120 Å². The first-order valence-corrected chi connectivity index (χ1v) is 8.89. The average molecular weight is 295 g/mol. The van der Waals surface area contributed by atoms with E-state index in [0.29, 0.717) is 18.7 Å². The van der Waals surface area contributed by atoms with Crippen LogP contribution in [0, 0.1) is 0 Å². The Balaban J connectivity index is 1.96. The number of anilines is 1. The first kappa shape index (κ1) is 13.9. The summed E-state index contributed by atoms with van der Waals surface area (Å²) in [5.74, 6) is 0. The van der Waals surface area contributed by atoms with Crippen LogP contribution >= 0.6 is 0 Å². The monoisotopic (exact) mass is 295 g/mol. The molecule has 20 heavy (non-hydrogen) atoms. The molecule has 1 aliphatic heterocycles. The fourth-order valence-electron chi connectivity index (χ4n) is 3.32. The molecule has 1 heterocycles. The predicted octanol–water partition coefficient (Wildman–Crippen LogP) is 2.59. The van der Waals surface area contributed by atoms with Gasteiger partial charge in [0.2, 0.25) is 10.0 Å². The molecule has 0 aromatic heterocycles. The molecule has 1 unspecified atom stereocenters. The summed E-state index contributed by atoms with van der Waals surface area (Å²) in [4.78, 5) is 0. The lowest BCUT2D eigenvalue weighted by atomic mass is 10.0. The van der Waals surface area contributed by atoms with E-state index in [1.165, 1.54) is 4.31 Å². The van der Waals surface area contributed by atoms with Gasteiger partial charge in [0, 0.05) is 12.1 Å². The van der Waals surface area contributed by atoms with Crippen molar-refractivity contribution in [3.05, 3.63) is 29.8 Å². The summed E-state index contributed by atoms with van der Waals surface area (Å²) in [5, 5.41) is 9.78. The van der Waals surface area contributed by atoms with Crippen molar-refractivity contribution in [3.8, 4) is 0 Å². The second-order valence-corrected chi connectivity index (χ2v) is 7.88. The molecule has 4 nitrogen and oxygen atoms in total. The van der Waals surface area contributed by atoms with Crippen molar-refractivity contribution in [1.82, 2.24) is 0 Å². The van der Waals surface area contributed by atoms with Crippen LogP contribution in [0.2, 0.25) is 0 Å². The molecule has 1 N–H and O–H groups in total. The van der Waals surface area contributed by atoms with Crippen molar-refractivity contribution in [2.24, 2.45) is 0 Å². The maximum absolute atomic E-state index is 12.9. The van der Waals surface area contributed by atoms with Crippen LogP contribution in [0.15, 0.2) is 24.3 Å². The Hall–Kier alpha value is -1.07. The summed E-state index contributed by atoms with van der Waals surface area (Å²) >= 11 is 0. The van der Waals surface area contributed by atoms with Gasteiger partial charge in [-0.2, -0.15) is 0 Å². The molecule has 0 saturated heterocycles. The maximum atomic E-state index is 12.9. The van der Waals surface area contributed by atoms with Crippen molar-refractivity contribution in [3.63, 3.8) is 0 Å². The van der Waals surface area contributed by atoms with Crippen molar-refractivity contribution >= 4 is 15.7 Å².